The van der Waals surface area contributed by atoms with Crippen molar-refractivity contribution in [3.05, 3.63) is 94.5 Å². The predicted octanol–water partition coefficient (Wildman–Crippen LogP) is 5.76. The second kappa shape index (κ2) is 12.2. The van der Waals surface area contributed by atoms with Crippen LogP contribution in [0.1, 0.15) is 22.8 Å². The average Bonchev–Trinajstić information content (AvgIpc) is 2.94. The van der Waals surface area contributed by atoms with Crippen LogP contribution in [0.4, 0.5) is 0 Å². The smallest absolute Gasteiger partial charge is 0.343 e. The summed E-state index contributed by atoms with van der Waals surface area (Å²) in [6.45, 7) is 1.64. The molecule has 38 heavy (non-hydrogen) atoms. The first-order valence-corrected chi connectivity index (χ1v) is 12.4. The van der Waals surface area contributed by atoms with Crippen molar-refractivity contribution in [2.45, 2.75) is 13.0 Å². The molecule has 0 bridgehead atoms. The van der Waals surface area contributed by atoms with Crippen LogP contribution in [0.25, 0.3) is 10.8 Å². The Morgan fingerprint density at radius 1 is 0.868 bits per heavy atom. The summed E-state index contributed by atoms with van der Waals surface area (Å²) in [6.07, 6.45) is 0.590. The minimum absolute atomic E-state index is 0.256. The molecule has 0 aromatic heterocycles. The van der Waals surface area contributed by atoms with Crippen molar-refractivity contribution in [3.63, 3.8) is 0 Å². The second-order valence-corrected chi connectivity index (χ2v) is 9.03. The molecule has 8 nitrogen and oxygen atoms in total. The van der Waals surface area contributed by atoms with Crippen molar-refractivity contribution in [3.8, 4) is 23.0 Å². The second-order valence-electron chi connectivity index (χ2n) is 8.11. The van der Waals surface area contributed by atoms with Crippen molar-refractivity contribution in [2.24, 2.45) is 5.10 Å². The van der Waals surface area contributed by atoms with Gasteiger partial charge in [-0.1, -0.05) is 52.3 Å². The third kappa shape index (κ3) is 6.30. The summed E-state index contributed by atoms with van der Waals surface area (Å²) in [7, 11) is 3.00. The highest BCUT2D eigenvalue weighted by Crippen LogP contribution is 2.29. The average molecular weight is 577 g/mol. The van der Waals surface area contributed by atoms with Gasteiger partial charge in [0.15, 0.2) is 17.6 Å². The third-order valence-corrected chi connectivity index (χ3v) is 6.09. The molecule has 1 amide bonds. The van der Waals surface area contributed by atoms with Crippen molar-refractivity contribution < 1.29 is 28.5 Å². The first-order valence-electron chi connectivity index (χ1n) is 11.6. The molecule has 0 aliphatic heterocycles. The van der Waals surface area contributed by atoms with Gasteiger partial charge >= 0.3 is 5.97 Å². The van der Waals surface area contributed by atoms with Crippen molar-refractivity contribution >= 4 is 44.8 Å². The van der Waals surface area contributed by atoms with Crippen molar-refractivity contribution in [1.29, 1.82) is 0 Å². The van der Waals surface area contributed by atoms with Crippen LogP contribution in [-0.2, 0) is 4.79 Å². The molecule has 0 radical (unpaired) electrons. The number of ether oxygens (including phenoxy) is 4. The number of rotatable bonds is 9. The topological polar surface area (TPSA) is 95.5 Å². The van der Waals surface area contributed by atoms with E-state index in [0.717, 1.165) is 15.2 Å². The number of carbonyl (C=O) groups excluding carboxylic acids is 2. The van der Waals surface area contributed by atoms with E-state index in [1.807, 2.05) is 42.5 Å². The molecule has 4 rings (SSSR count). The van der Waals surface area contributed by atoms with E-state index in [1.165, 1.54) is 26.5 Å². The van der Waals surface area contributed by atoms with Gasteiger partial charge in [-0.05, 0) is 54.8 Å². The molecule has 194 valence electrons. The maximum Gasteiger partial charge on any atom is 0.343 e. The van der Waals surface area contributed by atoms with Crippen LogP contribution < -0.4 is 24.4 Å². The van der Waals surface area contributed by atoms with Gasteiger partial charge < -0.3 is 18.9 Å². The standard InChI is InChI=1S/C29H25BrN2O6/c1-18(37-25-10-6-8-19-7-4-5-9-23(19)25)28(33)32-31-17-21-15-22(30)12-14-24(21)38-29(34)20-11-13-26(35-2)27(16-20)36-3/h4-18H,1-3H3,(H,32,33)/b31-17-/t18-/m0/s1. The number of halogens is 1. The van der Waals surface area contributed by atoms with Crippen LogP contribution >= 0.6 is 15.9 Å². The van der Waals surface area contributed by atoms with E-state index in [2.05, 4.69) is 26.5 Å². The normalized spacial score (nSPS) is 11.7. The molecular formula is C29H25BrN2O6. The first-order chi connectivity index (χ1) is 18.4. The first kappa shape index (κ1) is 26.7. The highest BCUT2D eigenvalue weighted by atomic mass is 79.9. The maximum absolute atomic E-state index is 12.8. The number of benzene rings is 4. The molecule has 0 fully saturated rings. The van der Waals surface area contributed by atoms with Gasteiger partial charge in [0, 0.05) is 15.4 Å². The number of methoxy groups -OCH3 is 2. The lowest BCUT2D eigenvalue weighted by atomic mass is 10.1. The Labute approximate surface area is 228 Å². The molecule has 0 spiro atoms. The minimum atomic E-state index is -0.803. The van der Waals surface area contributed by atoms with E-state index < -0.39 is 18.0 Å². The zero-order chi connectivity index (χ0) is 27.1. The van der Waals surface area contributed by atoms with E-state index in [9.17, 15) is 9.59 Å². The Bertz CT molecular complexity index is 1500. The Morgan fingerprint density at radius 2 is 1.61 bits per heavy atom. The summed E-state index contributed by atoms with van der Waals surface area (Å²) < 4.78 is 22.7. The lowest BCUT2D eigenvalue weighted by molar-refractivity contribution is -0.127. The van der Waals surface area contributed by atoms with Gasteiger partial charge in [0.05, 0.1) is 26.0 Å². The van der Waals surface area contributed by atoms with E-state index in [-0.39, 0.29) is 11.3 Å². The molecule has 0 unspecified atom stereocenters. The van der Waals surface area contributed by atoms with Crippen LogP contribution in [0.2, 0.25) is 0 Å². The van der Waals surface area contributed by atoms with Crippen LogP contribution in [0.5, 0.6) is 23.0 Å². The number of carbonyl (C=O) groups is 2. The number of esters is 1. The molecule has 0 saturated heterocycles. The molecule has 9 heteroatoms. The van der Waals surface area contributed by atoms with Crippen LogP contribution in [-0.4, -0.2) is 38.4 Å². The van der Waals surface area contributed by atoms with Crippen molar-refractivity contribution in [1.82, 2.24) is 5.43 Å². The Balaban J connectivity index is 1.44. The molecule has 4 aromatic rings. The highest BCUT2D eigenvalue weighted by molar-refractivity contribution is 9.10. The summed E-state index contributed by atoms with van der Waals surface area (Å²) in [5, 5.41) is 5.97. The van der Waals surface area contributed by atoms with Crippen LogP contribution in [0.3, 0.4) is 0 Å². The Morgan fingerprint density at radius 3 is 2.39 bits per heavy atom. The molecule has 0 heterocycles. The van der Waals surface area contributed by atoms with Gasteiger partial charge in [0.1, 0.15) is 11.5 Å². The largest absolute Gasteiger partial charge is 0.493 e. The summed E-state index contributed by atoms with van der Waals surface area (Å²) >= 11 is 3.40. The number of hydrazone groups is 1. The lowest BCUT2D eigenvalue weighted by Crippen LogP contribution is -2.33. The summed E-state index contributed by atoms with van der Waals surface area (Å²) in [5.74, 6) is 0.728. The van der Waals surface area contributed by atoms with Gasteiger partial charge in [-0.2, -0.15) is 5.10 Å². The minimum Gasteiger partial charge on any atom is -0.493 e. The zero-order valence-electron chi connectivity index (χ0n) is 20.9. The molecule has 1 N–H and O–H groups in total. The van der Waals surface area contributed by atoms with E-state index in [0.29, 0.717) is 22.8 Å². The quantitative estimate of drug-likeness (QED) is 0.118. The zero-order valence-corrected chi connectivity index (χ0v) is 22.5. The number of hydrogen-bond donors (Lipinski definition) is 1. The van der Waals surface area contributed by atoms with E-state index in [1.54, 1.807) is 37.3 Å². The van der Waals surface area contributed by atoms with E-state index in [4.69, 9.17) is 18.9 Å². The SMILES string of the molecule is COc1ccc(C(=O)Oc2ccc(Br)cc2/C=N\NC(=O)[C@H](C)Oc2cccc3ccccc23)cc1OC. The van der Waals surface area contributed by atoms with Crippen molar-refractivity contribution in [2.75, 3.05) is 14.2 Å². The lowest BCUT2D eigenvalue weighted by Gasteiger charge is -2.15. The molecule has 1 atom stereocenters. The number of nitrogens with one attached hydrogen (secondary N) is 1. The summed E-state index contributed by atoms with van der Waals surface area (Å²) in [5.41, 5.74) is 3.23. The molecule has 0 aliphatic carbocycles. The summed E-state index contributed by atoms with van der Waals surface area (Å²) in [6, 6.07) is 23.2. The monoisotopic (exact) mass is 576 g/mol. The fourth-order valence-electron chi connectivity index (χ4n) is 3.63. The third-order valence-electron chi connectivity index (χ3n) is 5.59. The Hall–Kier alpha value is -4.37. The van der Waals surface area contributed by atoms with Gasteiger partial charge in [0.2, 0.25) is 0 Å². The van der Waals surface area contributed by atoms with Gasteiger partial charge in [-0.3, -0.25) is 4.79 Å². The van der Waals surface area contributed by atoms with Gasteiger partial charge in [0.25, 0.3) is 5.91 Å². The van der Waals surface area contributed by atoms with Gasteiger partial charge in [-0.25, -0.2) is 10.2 Å². The van der Waals surface area contributed by atoms with Crippen LogP contribution in [0.15, 0.2) is 88.4 Å². The number of nitrogens with zero attached hydrogens (tertiary/aromatic N) is 1. The molecule has 0 aliphatic rings. The predicted molar refractivity (Wildman–Crippen MR) is 148 cm³/mol. The maximum atomic E-state index is 12.8. The molecular weight excluding hydrogens is 552 g/mol. The number of fused-ring (bicyclic) bond motifs is 1. The van der Waals surface area contributed by atoms with E-state index >= 15 is 0 Å². The highest BCUT2D eigenvalue weighted by Gasteiger charge is 2.17. The summed E-state index contributed by atoms with van der Waals surface area (Å²) in [4.78, 5) is 25.4. The van der Waals surface area contributed by atoms with Crippen LogP contribution in [0, 0.1) is 0 Å². The number of hydrogen-bond acceptors (Lipinski definition) is 7. The fourth-order valence-corrected chi connectivity index (χ4v) is 4.01. The molecule has 0 saturated carbocycles. The Kier molecular flexibility index (Phi) is 8.60. The number of amides is 1. The molecule has 4 aromatic carbocycles. The fraction of sp³-hybridized carbons (Fsp3) is 0.138. The van der Waals surface area contributed by atoms with Gasteiger partial charge in [-0.15, -0.1) is 0 Å².